The summed E-state index contributed by atoms with van der Waals surface area (Å²) in [5.41, 5.74) is 2.34. The third-order valence-corrected chi connectivity index (χ3v) is 6.94. The van der Waals surface area contributed by atoms with Crippen LogP contribution in [0.5, 0.6) is 0 Å². The normalized spacial score (nSPS) is 19.5. The number of nitrogens with one attached hydrogen (secondary N) is 2. The number of halogens is 5. The molecule has 1 aromatic heterocycles. The van der Waals surface area contributed by atoms with E-state index < -0.39 is 23.8 Å². The van der Waals surface area contributed by atoms with Crippen LogP contribution in [0.2, 0.25) is 10.0 Å². The van der Waals surface area contributed by atoms with Crippen molar-refractivity contribution in [3.63, 3.8) is 0 Å². The highest BCUT2D eigenvalue weighted by atomic mass is 35.5. The van der Waals surface area contributed by atoms with Gasteiger partial charge >= 0.3 is 6.18 Å². The van der Waals surface area contributed by atoms with Crippen LogP contribution in [-0.4, -0.2) is 15.7 Å². The van der Waals surface area contributed by atoms with Gasteiger partial charge < -0.3 is 10.6 Å². The maximum absolute atomic E-state index is 13.6. The van der Waals surface area contributed by atoms with Gasteiger partial charge in [-0.15, -0.1) is 0 Å². The number of alkyl halides is 3. The lowest BCUT2D eigenvalue weighted by molar-refractivity contribution is -0.141. The third-order valence-electron chi connectivity index (χ3n) is 6.21. The van der Waals surface area contributed by atoms with Crippen molar-refractivity contribution in [2.45, 2.75) is 38.0 Å². The second-order valence-electron chi connectivity index (χ2n) is 8.36. The summed E-state index contributed by atoms with van der Waals surface area (Å²) in [6.45, 7) is 1.66. The number of nitrogens with zero attached hydrogens (tertiary/aromatic N) is 2. The fourth-order valence-electron chi connectivity index (χ4n) is 4.64. The fourth-order valence-corrected chi connectivity index (χ4v) is 4.94. The lowest BCUT2D eigenvalue weighted by atomic mass is 9.94. The number of hydrogen-bond acceptors (Lipinski definition) is 3. The summed E-state index contributed by atoms with van der Waals surface area (Å²) in [4.78, 5) is 13.6. The van der Waals surface area contributed by atoms with Crippen molar-refractivity contribution >= 4 is 34.9 Å². The maximum Gasteiger partial charge on any atom is 0.435 e. The van der Waals surface area contributed by atoms with Gasteiger partial charge in [0.15, 0.2) is 5.69 Å². The summed E-state index contributed by atoms with van der Waals surface area (Å²) in [6, 6.07) is 12.4. The summed E-state index contributed by atoms with van der Waals surface area (Å²) in [7, 11) is 0. The highest BCUT2D eigenvalue weighted by molar-refractivity contribution is 6.42. The molecule has 1 unspecified atom stereocenters. The standard InChI is InChI=1S/C24H19Cl2F3N4O/c1-12-21(23(34)31-18-9-7-13-4-2-3-5-15(13)18)22(14-6-8-16(25)17(26)10-14)33-20(30-12)11-19(32-33)24(27,28)29/h2-6,8,10-11,18,22,30H,7,9H2,1H3,(H,31,34)/t18-,22?/m0/s1. The van der Waals surface area contributed by atoms with Gasteiger partial charge in [-0.2, -0.15) is 18.3 Å². The van der Waals surface area contributed by atoms with Gasteiger partial charge in [-0.25, -0.2) is 4.68 Å². The largest absolute Gasteiger partial charge is 0.435 e. The smallest absolute Gasteiger partial charge is 0.345 e. The maximum atomic E-state index is 13.6. The molecule has 1 aliphatic carbocycles. The highest BCUT2D eigenvalue weighted by Gasteiger charge is 2.40. The number of carbonyl (C=O) groups is 1. The number of rotatable bonds is 3. The van der Waals surface area contributed by atoms with Crippen molar-refractivity contribution in [1.29, 1.82) is 0 Å². The van der Waals surface area contributed by atoms with Crippen LogP contribution in [-0.2, 0) is 17.4 Å². The molecule has 2 heterocycles. The van der Waals surface area contributed by atoms with E-state index >= 15 is 0 Å². The summed E-state index contributed by atoms with van der Waals surface area (Å²) in [5.74, 6) is -0.263. The number of aryl methyl sites for hydroxylation is 1. The summed E-state index contributed by atoms with van der Waals surface area (Å²) >= 11 is 12.3. The quantitative estimate of drug-likeness (QED) is 0.438. The van der Waals surface area contributed by atoms with Gasteiger partial charge in [0.1, 0.15) is 11.9 Å². The van der Waals surface area contributed by atoms with E-state index in [1.54, 1.807) is 25.1 Å². The molecule has 0 saturated carbocycles. The Morgan fingerprint density at radius 3 is 2.65 bits per heavy atom. The Morgan fingerprint density at radius 2 is 1.91 bits per heavy atom. The summed E-state index contributed by atoms with van der Waals surface area (Å²) < 4.78 is 41.5. The van der Waals surface area contributed by atoms with Crippen LogP contribution >= 0.6 is 23.2 Å². The molecule has 0 spiro atoms. The number of carbonyl (C=O) groups excluding carboxylic acids is 1. The van der Waals surface area contributed by atoms with Crippen molar-refractivity contribution in [2.75, 3.05) is 5.32 Å². The van der Waals surface area contributed by atoms with E-state index in [0.717, 1.165) is 24.5 Å². The van der Waals surface area contributed by atoms with Crippen molar-refractivity contribution < 1.29 is 18.0 Å². The number of allylic oxidation sites excluding steroid dienone is 1. The molecule has 5 nitrogen and oxygen atoms in total. The molecule has 1 amide bonds. The first-order valence-electron chi connectivity index (χ1n) is 10.6. The zero-order valence-corrected chi connectivity index (χ0v) is 19.4. The van der Waals surface area contributed by atoms with E-state index in [1.807, 2.05) is 24.3 Å². The van der Waals surface area contributed by atoms with Crippen molar-refractivity contribution in [2.24, 2.45) is 0 Å². The van der Waals surface area contributed by atoms with Crippen LogP contribution < -0.4 is 10.6 Å². The van der Waals surface area contributed by atoms with E-state index in [-0.39, 0.29) is 22.5 Å². The molecule has 5 rings (SSSR count). The second kappa shape index (κ2) is 8.36. The number of aromatic nitrogens is 2. The van der Waals surface area contributed by atoms with Crippen LogP contribution in [0.3, 0.4) is 0 Å². The van der Waals surface area contributed by atoms with Crippen LogP contribution in [0.1, 0.15) is 47.8 Å². The monoisotopic (exact) mass is 506 g/mol. The zero-order valence-electron chi connectivity index (χ0n) is 17.9. The minimum Gasteiger partial charge on any atom is -0.345 e. The van der Waals surface area contributed by atoms with Gasteiger partial charge in [0.05, 0.1) is 21.7 Å². The van der Waals surface area contributed by atoms with Crippen molar-refractivity contribution in [3.05, 3.63) is 92.2 Å². The summed E-state index contributed by atoms with van der Waals surface area (Å²) in [6.07, 6.45) is -3.06. The lowest BCUT2D eigenvalue weighted by Gasteiger charge is -2.30. The number of hydrogen-bond donors (Lipinski definition) is 2. The molecular weight excluding hydrogens is 488 g/mol. The molecule has 176 valence electrons. The number of anilines is 1. The average Bonchev–Trinajstić information content (AvgIpc) is 3.39. The Balaban J connectivity index is 1.57. The van der Waals surface area contributed by atoms with E-state index in [2.05, 4.69) is 15.7 Å². The van der Waals surface area contributed by atoms with E-state index in [4.69, 9.17) is 23.2 Å². The predicted molar refractivity (Wildman–Crippen MR) is 124 cm³/mol. The van der Waals surface area contributed by atoms with Crippen LogP contribution in [0, 0.1) is 0 Å². The van der Waals surface area contributed by atoms with Gasteiger partial charge in [-0.3, -0.25) is 4.79 Å². The first kappa shape index (κ1) is 22.8. The molecule has 2 aliphatic rings. The van der Waals surface area contributed by atoms with E-state index in [0.29, 0.717) is 16.3 Å². The molecule has 10 heteroatoms. The number of amides is 1. The Hall–Kier alpha value is -2.97. The molecule has 2 atom stereocenters. The van der Waals surface area contributed by atoms with E-state index in [9.17, 15) is 18.0 Å². The molecule has 1 aliphatic heterocycles. The lowest BCUT2D eigenvalue weighted by Crippen LogP contribution is -2.36. The van der Waals surface area contributed by atoms with Crippen LogP contribution in [0.15, 0.2) is 59.8 Å². The predicted octanol–water partition coefficient (Wildman–Crippen LogP) is 6.30. The third kappa shape index (κ3) is 3.95. The number of benzene rings is 2. The first-order valence-corrected chi connectivity index (χ1v) is 11.4. The molecule has 0 bridgehead atoms. The zero-order chi connectivity index (χ0) is 24.2. The number of fused-ring (bicyclic) bond motifs is 2. The highest BCUT2D eigenvalue weighted by Crippen LogP contribution is 2.41. The van der Waals surface area contributed by atoms with Gasteiger partial charge in [0.25, 0.3) is 5.91 Å². The summed E-state index contributed by atoms with van der Waals surface area (Å²) in [5, 5.41) is 10.3. The molecule has 34 heavy (non-hydrogen) atoms. The Morgan fingerprint density at radius 1 is 1.15 bits per heavy atom. The molecule has 2 aromatic carbocycles. The Bertz CT molecular complexity index is 1330. The van der Waals surface area contributed by atoms with Gasteiger partial charge in [-0.05, 0) is 48.6 Å². The molecule has 0 radical (unpaired) electrons. The second-order valence-corrected chi connectivity index (χ2v) is 9.17. The van der Waals surface area contributed by atoms with Gasteiger partial charge in [0, 0.05) is 11.8 Å². The molecular formula is C24H19Cl2F3N4O. The molecule has 2 N–H and O–H groups in total. The Labute approximate surface area is 203 Å². The van der Waals surface area contributed by atoms with Crippen LogP contribution in [0.25, 0.3) is 0 Å². The van der Waals surface area contributed by atoms with Gasteiger partial charge in [-0.1, -0.05) is 53.5 Å². The minimum atomic E-state index is -4.64. The first-order chi connectivity index (χ1) is 16.1. The Kier molecular flexibility index (Phi) is 5.61. The average molecular weight is 507 g/mol. The van der Waals surface area contributed by atoms with E-state index in [1.165, 1.54) is 10.2 Å². The topological polar surface area (TPSA) is 59.0 Å². The van der Waals surface area contributed by atoms with Crippen molar-refractivity contribution in [3.8, 4) is 0 Å². The molecule has 0 fully saturated rings. The van der Waals surface area contributed by atoms with Gasteiger partial charge in [0.2, 0.25) is 0 Å². The SMILES string of the molecule is CC1=C(C(=O)N[C@H]2CCc3ccccc32)C(c2ccc(Cl)c(Cl)c2)n2nc(C(F)(F)F)cc2N1. The van der Waals surface area contributed by atoms with Crippen LogP contribution in [0.4, 0.5) is 19.0 Å². The fraction of sp³-hybridized carbons (Fsp3) is 0.250. The molecule has 0 saturated heterocycles. The minimum absolute atomic E-state index is 0.128. The van der Waals surface area contributed by atoms with Crippen molar-refractivity contribution in [1.82, 2.24) is 15.1 Å². The molecule has 3 aromatic rings.